The van der Waals surface area contributed by atoms with Gasteiger partial charge in [-0.2, -0.15) is 0 Å². The number of hydrogen-bond acceptors (Lipinski definition) is 3. The fourth-order valence-corrected chi connectivity index (χ4v) is 4.17. The molecule has 1 aliphatic rings. The SMILES string of the molecule is CCCCCCCCCCCCCCCCCCC1=NC(C)CN1C(C)O. The third-order valence-electron chi connectivity index (χ3n) is 5.87. The lowest BCUT2D eigenvalue weighted by Crippen LogP contribution is -2.36. The summed E-state index contributed by atoms with van der Waals surface area (Å²) in [5, 5.41) is 9.82. The number of aliphatic imine (C=N–C) groups is 1. The van der Waals surface area contributed by atoms with Crippen molar-refractivity contribution in [3.63, 3.8) is 0 Å². The first-order valence-electron chi connectivity index (χ1n) is 12.2. The Morgan fingerprint density at radius 3 is 1.63 bits per heavy atom. The van der Waals surface area contributed by atoms with Crippen molar-refractivity contribution in [2.24, 2.45) is 4.99 Å². The van der Waals surface area contributed by atoms with Gasteiger partial charge in [-0.1, -0.05) is 103 Å². The van der Waals surface area contributed by atoms with Crippen LogP contribution in [0.2, 0.25) is 0 Å². The van der Waals surface area contributed by atoms with Crippen LogP contribution in [0.5, 0.6) is 0 Å². The molecule has 0 saturated heterocycles. The average Bonchev–Trinajstić information content (AvgIpc) is 3.02. The molecule has 1 heterocycles. The van der Waals surface area contributed by atoms with Gasteiger partial charge in [0.25, 0.3) is 0 Å². The zero-order valence-corrected chi connectivity index (χ0v) is 18.7. The van der Waals surface area contributed by atoms with Gasteiger partial charge >= 0.3 is 0 Å². The minimum absolute atomic E-state index is 0.343. The molecule has 2 unspecified atom stereocenters. The number of rotatable bonds is 18. The minimum atomic E-state index is -0.394. The number of unbranched alkanes of at least 4 members (excludes halogenated alkanes) is 15. The van der Waals surface area contributed by atoms with Gasteiger partial charge in [-0.15, -0.1) is 0 Å². The standard InChI is InChI=1S/C24H48N2O/c1-4-5-6-7-8-9-10-11-12-13-14-15-16-17-18-19-20-24-25-22(2)21-26(24)23(3)27/h22-23,27H,4-21H2,1-3H3. The highest BCUT2D eigenvalue weighted by Gasteiger charge is 2.24. The van der Waals surface area contributed by atoms with Crippen molar-refractivity contribution >= 4 is 5.84 Å². The van der Waals surface area contributed by atoms with E-state index in [-0.39, 0.29) is 0 Å². The van der Waals surface area contributed by atoms with Crippen LogP contribution < -0.4 is 0 Å². The van der Waals surface area contributed by atoms with Crippen LogP contribution in [0.3, 0.4) is 0 Å². The summed E-state index contributed by atoms with van der Waals surface area (Å²) in [5.74, 6) is 1.13. The van der Waals surface area contributed by atoms with Crippen molar-refractivity contribution in [3.8, 4) is 0 Å². The normalized spacial score (nSPS) is 18.1. The molecule has 0 radical (unpaired) electrons. The van der Waals surface area contributed by atoms with Crippen molar-refractivity contribution in [2.75, 3.05) is 6.54 Å². The first-order valence-corrected chi connectivity index (χ1v) is 12.2. The van der Waals surface area contributed by atoms with E-state index < -0.39 is 6.23 Å². The van der Waals surface area contributed by atoms with Crippen molar-refractivity contribution in [1.82, 2.24) is 4.90 Å². The molecule has 0 aliphatic carbocycles. The number of amidine groups is 1. The van der Waals surface area contributed by atoms with E-state index in [1.807, 2.05) is 6.92 Å². The number of aliphatic hydroxyl groups excluding tert-OH is 1. The molecule has 160 valence electrons. The summed E-state index contributed by atoms with van der Waals surface area (Å²) in [7, 11) is 0. The minimum Gasteiger partial charge on any atom is -0.374 e. The van der Waals surface area contributed by atoms with E-state index in [0.29, 0.717) is 6.04 Å². The third kappa shape index (κ3) is 12.5. The first-order chi connectivity index (χ1) is 13.1. The van der Waals surface area contributed by atoms with E-state index in [9.17, 15) is 5.11 Å². The highest BCUT2D eigenvalue weighted by Crippen LogP contribution is 2.17. The Bertz CT molecular complexity index is 367. The summed E-state index contributed by atoms with van der Waals surface area (Å²) >= 11 is 0. The molecule has 0 bridgehead atoms. The summed E-state index contributed by atoms with van der Waals surface area (Å²) in [5.41, 5.74) is 0. The Labute approximate surface area is 170 Å². The molecule has 1 N–H and O–H groups in total. The van der Waals surface area contributed by atoms with Crippen LogP contribution in [0.1, 0.15) is 130 Å². The fourth-order valence-electron chi connectivity index (χ4n) is 4.17. The van der Waals surface area contributed by atoms with E-state index in [4.69, 9.17) is 0 Å². The van der Waals surface area contributed by atoms with Gasteiger partial charge in [0, 0.05) is 13.0 Å². The monoisotopic (exact) mass is 380 g/mol. The van der Waals surface area contributed by atoms with E-state index in [2.05, 4.69) is 23.7 Å². The molecule has 0 aromatic heterocycles. The molecule has 3 nitrogen and oxygen atoms in total. The number of nitrogens with zero attached hydrogens (tertiary/aromatic N) is 2. The molecule has 0 aromatic rings. The topological polar surface area (TPSA) is 35.8 Å². The van der Waals surface area contributed by atoms with E-state index >= 15 is 0 Å². The van der Waals surface area contributed by atoms with Crippen LogP contribution in [-0.2, 0) is 0 Å². The Kier molecular flexibility index (Phi) is 14.9. The molecule has 3 heteroatoms. The summed E-state index contributed by atoms with van der Waals surface area (Å²) in [6, 6.07) is 0.343. The van der Waals surface area contributed by atoms with E-state index in [1.54, 1.807) is 0 Å². The Morgan fingerprint density at radius 1 is 0.815 bits per heavy atom. The molecule has 27 heavy (non-hydrogen) atoms. The van der Waals surface area contributed by atoms with Gasteiger partial charge < -0.3 is 10.0 Å². The lowest BCUT2D eigenvalue weighted by molar-refractivity contribution is 0.0735. The van der Waals surface area contributed by atoms with Crippen LogP contribution in [0.4, 0.5) is 0 Å². The first kappa shape index (κ1) is 24.5. The molecule has 1 rings (SSSR count). The van der Waals surface area contributed by atoms with Gasteiger partial charge in [-0.05, 0) is 20.3 Å². The molecule has 0 spiro atoms. The maximum absolute atomic E-state index is 9.82. The Hall–Kier alpha value is -0.570. The molecule has 0 fully saturated rings. The molecule has 2 atom stereocenters. The fraction of sp³-hybridized carbons (Fsp3) is 0.958. The predicted molar refractivity (Wildman–Crippen MR) is 119 cm³/mol. The van der Waals surface area contributed by atoms with Crippen LogP contribution in [-0.4, -0.2) is 34.7 Å². The van der Waals surface area contributed by atoms with Crippen LogP contribution in [0.25, 0.3) is 0 Å². The van der Waals surface area contributed by atoms with E-state index in [0.717, 1.165) is 18.8 Å². The van der Waals surface area contributed by atoms with Crippen LogP contribution in [0.15, 0.2) is 4.99 Å². The second-order valence-electron chi connectivity index (χ2n) is 8.73. The summed E-state index contributed by atoms with van der Waals surface area (Å²) in [6.07, 6.45) is 23.1. The van der Waals surface area contributed by atoms with Gasteiger partial charge in [0.2, 0.25) is 0 Å². The maximum Gasteiger partial charge on any atom is 0.125 e. The van der Waals surface area contributed by atoms with Crippen molar-refractivity contribution in [2.45, 2.75) is 142 Å². The molecule has 0 amide bonds. The molecular formula is C24H48N2O. The quantitative estimate of drug-likeness (QED) is 0.258. The largest absolute Gasteiger partial charge is 0.374 e. The Morgan fingerprint density at radius 2 is 1.22 bits per heavy atom. The highest BCUT2D eigenvalue weighted by atomic mass is 16.3. The average molecular weight is 381 g/mol. The molecule has 0 aromatic carbocycles. The van der Waals surface area contributed by atoms with Gasteiger partial charge in [0.15, 0.2) is 0 Å². The second kappa shape index (κ2) is 16.4. The summed E-state index contributed by atoms with van der Waals surface area (Å²) < 4.78 is 0. The maximum atomic E-state index is 9.82. The third-order valence-corrected chi connectivity index (χ3v) is 5.87. The number of aliphatic hydroxyl groups is 1. The summed E-state index contributed by atoms with van der Waals surface area (Å²) in [6.45, 7) is 7.15. The van der Waals surface area contributed by atoms with Crippen LogP contribution in [0, 0.1) is 0 Å². The van der Waals surface area contributed by atoms with Crippen molar-refractivity contribution in [1.29, 1.82) is 0 Å². The predicted octanol–water partition coefficient (Wildman–Crippen LogP) is 7.08. The zero-order valence-electron chi connectivity index (χ0n) is 18.7. The van der Waals surface area contributed by atoms with Gasteiger partial charge in [-0.3, -0.25) is 4.99 Å². The van der Waals surface area contributed by atoms with E-state index in [1.165, 1.54) is 103 Å². The number of hydrogen-bond donors (Lipinski definition) is 1. The molecule has 1 aliphatic heterocycles. The lowest BCUT2D eigenvalue weighted by Gasteiger charge is -2.23. The highest BCUT2D eigenvalue weighted by molar-refractivity contribution is 5.84. The Balaban J connectivity index is 1.81. The second-order valence-corrected chi connectivity index (χ2v) is 8.73. The zero-order chi connectivity index (χ0) is 19.7. The van der Waals surface area contributed by atoms with Gasteiger partial charge in [0.05, 0.1) is 6.04 Å². The summed E-state index contributed by atoms with van der Waals surface area (Å²) in [4.78, 5) is 6.75. The smallest absolute Gasteiger partial charge is 0.125 e. The van der Waals surface area contributed by atoms with Crippen molar-refractivity contribution in [3.05, 3.63) is 0 Å². The molecule has 0 saturated carbocycles. The van der Waals surface area contributed by atoms with Crippen LogP contribution >= 0.6 is 0 Å². The molecular weight excluding hydrogens is 332 g/mol. The van der Waals surface area contributed by atoms with Gasteiger partial charge in [-0.25, -0.2) is 0 Å². The van der Waals surface area contributed by atoms with Gasteiger partial charge in [0.1, 0.15) is 12.1 Å². The lowest BCUT2D eigenvalue weighted by atomic mass is 10.0. The van der Waals surface area contributed by atoms with Crippen molar-refractivity contribution < 1.29 is 5.11 Å².